The Morgan fingerprint density at radius 2 is 1.77 bits per heavy atom. The second kappa shape index (κ2) is 8.65. The van der Waals surface area contributed by atoms with Gasteiger partial charge in [0.05, 0.1) is 22.5 Å². The van der Waals surface area contributed by atoms with Gasteiger partial charge >= 0.3 is 5.97 Å². The second-order valence-electron chi connectivity index (χ2n) is 8.61. The molecule has 0 atom stereocenters. The van der Waals surface area contributed by atoms with E-state index in [1.165, 1.54) is 0 Å². The Balaban J connectivity index is 1.56. The lowest BCUT2D eigenvalue weighted by molar-refractivity contribution is 0.0697. The summed E-state index contributed by atoms with van der Waals surface area (Å²) in [7, 11) is 0. The molecule has 0 spiro atoms. The van der Waals surface area contributed by atoms with Crippen LogP contribution >= 0.6 is 0 Å². The van der Waals surface area contributed by atoms with Gasteiger partial charge in [-0.1, -0.05) is 36.4 Å². The molecule has 3 heterocycles. The molecule has 35 heavy (non-hydrogen) atoms. The number of aromatic nitrogens is 4. The molecule has 6 nitrogen and oxygen atoms in total. The van der Waals surface area contributed by atoms with Crippen molar-refractivity contribution in [2.45, 2.75) is 19.3 Å². The fourth-order valence-electron chi connectivity index (χ4n) is 4.84. The van der Waals surface area contributed by atoms with Crippen LogP contribution in [-0.2, 0) is 6.42 Å². The summed E-state index contributed by atoms with van der Waals surface area (Å²) >= 11 is 0. The van der Waals surface area contributed by atoms with E-state index in [-0.39, 0.29) is 0 Å². The Hall–Kier alpha value is -4.58. The van der Waals surface area contributed by atoms with Crippen LogP contribution in [0, 0.1) is 0 Å². The van der Waals surface area contributed by atoms with E-state index >= 15 is 0 Å². The van der Waals surface area contributed by atoms with Gasteiger partial charge in [0.25, 0.3) is 0 Å². The zero-order valence-electron chi connectivity index (χ0n) is 18.9. The summed E-state index contributed by atoms with van der Waals surface area (Å²) in [6.45, 7) is 0. The highest BCUT2D eigenvalue weighted by molar-refractivity contribution is 6.06. The average Bonchev–Trinajstić information content (AvgIpc) is 3.32. The third-order valence-electron chi connectivity index (χ3n) is 6.41. The monoisotopic (exact) mass is 458 g/mol. The van der Waals surface area contributed by atoms with E-state index in [9.17, 15) is 9.90 Å². The van der Waals surface area contributed by atoms with Crippen LogP contribution in [0.5, 0.6) is 0 Å². The molecule has 6 rings (SSSR count). The van der Waals surface area contributed by atoms with Gasteiger partial charge in [0.1, 0.15) is 5.69 Å². The molecule has 5 aromatic rings. The van der Waals surface area contributed by atoms with E-state index < -0.39 is 5.97 Å². The first-order chi connectivity index (χ1) is 17.2. The SMILES string of the molecule is O=C(O)c1c2c(nc3ccccc13)/C(=C\c1cn(-c3ccccc3)nc1-c1cccnc1)CCC2. The Kier molecular flexibility index (Phi) is 5.19. The van der Waals surface area contributed by atoms with Gasteiger partial charge in [-0.2, -0.15) is 5.10 Å². The molecule has 0 amide bonds. The van der Waals surface area contributed by atoms with Crippen molar-refractivity contribution in [3.05, 3.63) is 108 Å². The summed E-state index contributed by atoms with van der Waals surface area (Å²) in [5, 5.41) is 15.6. The zero-order valence-corrected chi connectivity index (χ0v) is 18.9. The molecule has 3 aromatic heterocycles. The molecule has 170 valence electrons. The van der Waals surface area contributed by atoms with Crippen LogP contribution < -0.4 is 0 Å². The number of carboxylic acids is 1. The highest BCUT2D eigenvalue weighted by atomic mass is 16.4. The van der Waals surface area contributed by atoms with Gasteiger partial charge in [0, 0.05) is 35.1 Å². The number of carbonyl (C=O) groups is 1. The fraction of sp³-hybridized carbons (Fsp3) is 0.103. The average molecular weight is 459 g/mol. The van der Waals surface area contributed by atoms with E-state index in [1.54, 1.807) is 6.20 Å². The molecule has 0 bridgehead atoms. The summed E-state index contributed by atoms with van der Waals surface area (Å²) in [6, 6.07) is 21.3. The zero-order chi connectivity index (χ0) is 23.8. The number of benzene rings is 2. The smallest absolute Gasteiger partial charge is 0.336 e. The van der Waals surface area contributed by atoms with Gasteiger partial charge in [0.2, 0.25) is 0 Å². The Morgan fingerprint density at radius 3 is 2.57 bits per heavy atom. The van der Waals surface area contributed by atoms with Gasteiger partial charge < -0.3 is 5.11 Å². The maximum Gasteiger partial charge on any atom is 0.336 e. The van der Waals surface area contributed by atoms with Gasteiger partial charge in [-0.15, -0.1) is 0 Å². The normalized spacial score (nSPS) is 14.2. The number of allylic oxidation sites excluding steroid dienone is 1. The van der Waals surface area contributed by atoms with E-state index in [4.69, 9.17) is 10.1 Å². The number of carboxylic acid groups (broad SMARTS) is 1. The molecule has 2 aromatic carbocycles. The number of hydrogen-bond acceptors (Lipinski definition) is 4. The molecule has 0 unspecified atom stereocenters. The molecule has 1 N–H and O–H groups in total. The highest BCUT2D eigenvalue weighted by Crippen LogP contribution is 2.37. The van der Waals surface area contributed by atoms with Gasteiger partial charge in [-0.05, 0) is 66.8 Å². The molecule has 1 aliphatic rings. The number of pyridine rings is 2. The maximum absolute atomic E-state index is 12.3. The van der Waals surface area contributed by atoms with Crippen LogP contribution in [0.4, 0.5) is 0 Å². The minimum absolute atomic E-state index is 0.365. The third-order valence-corrected chi connectivity index (χ3v) is 6.41. The van der Waals surface area contributed by atoms with Crippen LogP contribution in [0.15, 0.2) is 85.3 Å². The third kappa shape index (κ3) is 3.79. The summed E-state index contributed by atoms with van der Waals surface area (Å²) in [5.41, 5.74) is 7.32. The fourth-order valence-corrected chi connectivity index (χ4v) is 4.84. The first-order valence-electron chi connectivity index (χ1n) is 11.6. The quantitative estimate of drug-likeness (QED) is 0.354. The second-order valence-corrected chi connectivity index (χ2v) is 8.61. The minimum atomic E-state index is -0.908. The van der Waals surface area contributed by atoms with E-state index in [1.807, 2.05) is 83.8 Å². The first-order valence-corrected chi connectivity index (χ1v) is 11.6. The predicted molar refractivity (Wildman–Crippen MR) is 136 cm³/mol. The topological polar surface area (TPSA) is 80.9 Å². The van der Waals surface area contributed by atoms with Crippen LogP contribution in [0.1, 0.15) is 40.0 Å². The van der Waals surface area contributed by atoms with Crippen molar-refractivity contribution >= 4 is 28.5 Å². The molecular weight excluding hydrogens is 436 g/mol. The van der Waals surface area contributed by atoms with Crippen molar-refractivity contribution in [1.82, 2.24) is 19.7 Å². The number of hydrogen-bond donors (Lipinski definition) is 1. The molecule has 0 saturated carbocycles. The number of fused-ring (bicyclic) bond motifs is 2. The highest BCUT2D eigenvalue weighted by Gasteiger charge is 2.25. The van der Waals surface area contributed by atoms with Gasteiger partial charge in [0.15, 0.2) is 0 Å². The number of aromatic carboxylic acids is 1. The largest absolute Gasteiger partial charge is 0.478 e. The maximum atomic E-state index is 12.3. The standard InChI is InChI=1S/C29H22N4O2/c34-29(35)26-23-12-4-5-14-25(23)31-28-19(8-6-13-24(26)28)16-21-18-33(22-10-2-1-3-11-22)32-27(21)20-9-7-15-30-17-20/h1-5,7,9-12,14-18H,6,8,13H2,(H,34,35)/b19-16-. The molecule has 0 saturated heterocycles. The molecule has 6 heteroatoms. The summed E-state index contributed by atoms with van der Waals surface area (Å²) in [4.78, 5) is 21.5. The Bertz CT molecular complexity index is 1590. The molecule has 0 fully saturated rings. The number of nitrogens with zero attached hydrogens (tertiary/aromatic N) is 4. The Labute approximate surface area is 202 Å². The van der Waals surface area contributed by atoms with E-state index in [0.717, 1.165) is 52.2 Å². The van der Waals surface area contributed by atoms with Crippen molar-refractivity contribution in [3.63, 3.8) is 0 Å². The minimum Gasteiger partial charge on any atom is -0.478 e. The molecule has 0 radical (unpaired) electrons. The van der Waals surface area contributed by atoms with Gasteiger partial charge in [-0.25, -0.2) is 14.5 Å². The summed E-state index contributed by atoms with van der Waals surface area (Å²) in [5.74, 6) is -0.908. The van der Waals surface area contributed by atoms with Crippen LogP contribution in [0.2, 0.25) is 0 Å². The molecule has 0 aliphatic heterocycles. The first kappa shape index (κ1) is 21.0. The number of para-hydroxylation sites is 2. The van der Waals surface area contributed by atoms with Gasteiger partial charge in [-0.3, -0.25) is 4.98 Å². The Morgan fingerprint density at radius 1 is 0.943 bits per heavy atom. The van der Waals surface area contributed by atoms with Crippen molar-refractivity contribution in [3.8, 4) is 16.9 Å². The van der Waals surface area contributed by atoms with Crippen molar-refractivity contribution < 1.29 is 9.90 Å². The summed E-state index contributed by atoms with van der Waals surface area (Å²) in [6.07, 6.45) is 10.1. The van der Waals surface area contributed by atoms with Crippen molar-refractivity contribution in [1.29, 1.82) is 0 Å². The molecule has 1 aliphatic carbocycles. The lowest BCUT2D eigenvalue weighted by atomic mass is 9.86. The van der Waals surface area contributed by atoms with E-state index in [0.29, 0.717) is 22.9 Å². The lowest BCUT2D eigenvalue weighted by Crippen LogP contribution is -2.13. The van der Waals surface area contributed by atoms with Crippen molar-refractivity contribution in [2.75, 3.05) is 0 Å². The van der Waals surface area contributed by atoms with E-state index in [2.05, 4.69) is 11.1 Å². The molecular formula is C29H22N4O2. The van der Waals surface area contributed by atoms with Crippen molar-refractivity contribution in [2.24, 2.45) is 0 Å². The van der Waals surface area contributed by atoms with Crippen LogP contribution in [0.3, 0.4) is 0 Å². The number of rotatable bonds is 4. The lowest BCUT2D eigenvalue weighted by Gasteiger charge is -2.21. The predicted octanol–water partition coefficient (Wildman–Crippen LogP) is 6.06. The summed E-state index contributed by atoms with van der Waals surface area (Å²) < 4.78 is 1.87. The van der Waals surface area contributed by atoms with Crippen LogP contribution in [-0.4, -0.2) is 30.8 Å². The van der Waals surface area contributed by atoms with Crippen LogP contribution in [0.25, 0.3) is 39.5 Å².